The number of Topliss-reactive ketones (excluding diaryl/α,β-unsaturated/α-hetero) is 1. The van der Waals surface area contributed by atoms with Crippen molar-refractivity contribution in [2.75, 3.05) is 13.7 Å². The Bertz CT molecular complexity index is 1870. The molecule has 4 aliphatic rings. The van der Waals surface area contributed by atoms with Gasteiger partial charge in [0.05, 0.1) is 42.8 Å². The lowest BCUT2D eigenvalue weighted by atomic mass is 9.44. The van der Waals surface area contributed by atoms with Crippen LogP contribution in [0.15, 0.2) is 41.5 Å². The van der Waals surface area contributed by atoms with Gasteiger partial charge in [-0.15, -0.1) is 0 Å². The number of hydrogen-bond acceptors (Lipinski definition) is 16. The van der Waals surface area contributed by atoms with Gasteiger partial charge in [0.2, 0.25) is 0 Å². The average molecular weight is 832 g/mol. The minimum absolute atomic E-state index is 0.0198. The van der Waals surface area contributed by atoms with Gasteiger partial charge >= 0.3 is 30.2 Å². The Morgan fingerprint density at radius 2 is 1.63 bits per heavy atom. The Morgan fingerprint density at radius 1 is 1.00 bits per heavy atom. The van der Waals surface area contributed by atoms with Crippen molar-refractivity contribution < 1.29 is 77.2 Å². The number of rotatable bonds is 9. The van der Waals surface area contributed by atoms with Crippen LogP contribution < -0.4 is 5.32 Å². The number of amides is 1. The summed E-state index contributed by atoms with van der Waals surface area (Å²) in [5, 5.41) is 39.5. The van der Waals surface area contributed by atoms with Crippen LogP contribution in [0, 0.1) is 22.7 Å². The Kier molecular flexibility index (Phi) is 12.4. The quantitative estimate of drug-likeness (QED) is 0.159. The minimum atomic E-state index is -2.41. The van der Waals surface area contributed by atoms with E-state index in [1.165, 1.54) is 39.8 Å². The van der Waals surface area contributed by atoms with Crippen LogP contribution in [0.4, 0.5) is 9.59 Å². The number of aliphatic hydroxyl groups is 3. The molecule has 0 spiro atoms. The fourth-order valence-electron chi connectivity index (χ4n) is 9.36. The lowest BCUT2D eigenvalue weighted by Crippen LogP contribution is -2.82. The minimum Gasteiger partial charge on any atom is -0.456 e. The molecule has 2 saturated carbocycles. The summed E-state index contributed by atoms with van der Waals surface area (Å²) in [6.07, 6.45) is -12.8. The molecule has 17 nitrogen and oxygen atoms in total. The second kappa shape index (κ2) is 16.1. The maximum Gasteiger partial charge on any atom is 0.508 e. The molecule has 3 aliphatic carbocycles. The first-order valence-corrected chi connectivity index (χ1v) is 19.6. The molecule has 3 fully saturated rings. The average Bonchev–Trinajstić information content (AvgIpc) is 3.13. The molecular weight excluding hydrogens is 774 g/mol. The van der Waals surface area contributed by atoms with Gasteiger partial charge in [-0.25, -0.2) is 19.2 Å². The zero-order valence-electron chi connectivity index (χ0n) is 35.4. The smallest absolute Gasteiger partial charge is 0.456 e. The summed E-state index contributed by atoms with van der Waals surface area (Å²) < 4.78 is 40.1. The second-order valence-corrected chi connectivity index (χ2v) is 18.0. The molecular formula is C42H57NO16. The molecule has 17 heteroatoms. The van der Waals surface area contributed by atoms with Crippen molar-refractivity contribution in [3.63, 3.8) is 0 Å². The highest BCUT2D eigenvalue weighted by Gasteiger charge is 2.78. The number of carbonyl (C=O) groups is 6. The van der Waals surface area contributed by atoms with E-state index >= 15 is 4.79 Å². The number of hydrogen-bond donors (Lipinski definition) is 4. The highest BCUT2D eigenvalue weighted by molar-refractivity contribution is 5.95. The molecule has 1 saturated heterocycles. The highest BCUT2D eigenvalue weighted by Crippen LogP contribution is 2.64. The van der Waals surface area contributed by atoms with E-state index in [-0.39, 0.29) is 29.7 Å². The zero-order chi connectivity index (χ0) is 44.2. The molecule has 4 N–H and O–H groups in total. The first kappa shape index (κ1) is 45.5. The van der Waals surface area contributed by atoms with E-state index in [1.807, 2.05) is 0 Å². The molecule has 1 amide bonds. The van der Waals surface area contributed by atoms with E-state index in [9.17, 15) is 39.3 Å². The fraction of sp³-hybridized carbons (Fsp3) is 0.667. The van der Waals surface area contributed by atoms with E-state index in [4.69, 9.17) is 33.2 Å². The molecule has 326 valence electrons. The molecule has 1 heterocycles. The number of aliphatic hydroxyl groups excluding tert-OH is 2. The molecule has 0 radical (unpaired) electrons. The van der Waals surface area contributed by atoms with Crippen molar-refractivity contribution in [1.82, 2.24) is 5.32 Å². The standard InChI is InChI=1S/C42H57NO16/c1-20(2)28(43-36(50)58-38(5,6)7)29(46)35(49)56-24-18-42(52)33(57-34(48)23-15-13-12-14-16-23)31-40(10,25(45)17-26-41(31,19-54-26)59-37(51)53-11)32(47)30(55-22(4)44)27(21(24)3)39(42,8)9/h12-16,20,24-26,28-31,33,45-46,52H,17-19H2,1-11H3,(H,43,50)/t24-,25-,26+,28-,29+,30+,31?,33?,40+,41-,42+/m0/s1. The van der Waals surface area contributed by atoms with E-state index in [0.29, 0.717) is 0 Å². The predicted molar refractivity (Wildman–Crippen MR) is 204 cm³/mol. The van der Waals surface area contributed by atoms with Gasteiger partial charge in [0.15, 0.2) is 23.6 Å². The monoisotopic (exact) mass is 831 g/mol. The number of alkyl carbamates (subject to hydrolysis) is 1. The second-order valence-electron chi connectivity index (χ2n) is 18.0. The van der Waals surface area contributed by atoms with E-state index in [0.717, 1.165) is 14.0 Å². The molecule has 2 bridgehead atoms. The Balaban J connectivity index is 1.73. The number of ether oxygens (including phenoxy) is 7. The SMILES string of the molecule is COC(=O)O[C@@]12CO[C@@H]1C[C@H](O)[C@@]1(C)C(=O)[C@H](OC(C)=O)C3=C(C)[C@@H](OC(=O)[C@H](O)[C@@H](NC(=O)OC(C)(C)C)C(C)C)C[C@@](O)(C(OC(=O)c4ccccc4)C12)C3(C)C. The number of fused-ring (bicyclic) bond motifs is 5. The van der Waals surface area contributed by atoms with Gasteiger partial charge in [-0.3, -0.25) is 9.59 Å². The van der Waals surface area contributed by atoms with Crippen LogP contribution in [0.1, 0.15) is 92.4 Å². The third kappa shape index (κ3) is 7.93. The van der Waals surface area contributed by atoms with Crippen LogP contribution in [-0.2, 0) is 47.5 Å². The summed E-state index contributed by atoms with van der Waals surface area (Å²) in [4.78, 5) is 82.3. The van der Waals surface area contributed by atoms with Crippen LogP contribution in [0.5, 0.6) is 0 Å². The topological polar surface area (TPSA) is 240 Å². The summed E-state index contributed by atoms with van der Waals surface area (Å²) in [7, 11) is 1.06. The van der Waals surface area contributed by atoms with Crippen LogP contribution >= 0.6 is 0 Å². The molecule has 0 aromatic heterocycles. The van der Waals surface area contributed by atoms with Crippen LogP contribution in [0.25, 0.3) is 0 Å². The number of carbonyl (C=O) groups excluding carboxylic acids is 6. The molecule has 2 unspecified atom stereocenters. The van der Waals surface area contributed by atoms with Gasteiger partial charge in [0.1, 0.15) is 29.5 Å². The Hall–Kier alpha value is -4.58. The van der Waals surface area contributed by atoms with Crippen molar-refractivity contribution in [2.45, 2.75) is 142 Å². The summed E-state index contributed by atoms with van der Waals surface area (Å²) in [6.45, 7) is 14.9. The van der Waals surface area contributed by atoms with Crippen molar-refractivity contribution in [2.24, 2.45) is 22.7 Å². The van der Waals surface area contributed by atoms with Crippen molar-refractivity contribution in [3.05, 3.63) is 47.0 Å². The van der Waals surface area contributed by atoms with Gasteiger partial charge in [-0.05, 0) is 63.8 Å². The lowest BCUT2D eigenvalue weighted by Gasteiger charge is -2.67. The maximum absolute atomic E-state index is 15.4. The molecule has 1 aliphatic heterocycles. The number of esters is 3. The van der Waals surface area contributed by atoms with E-state index in [2.05, 4.69) is 5.32 Å². The first-order valence-electron chi connectivity index (χ1n) is 19.6. The summed E-state index contributed by atoms with van der Waals surface area (Å²) in [5.41, 5.74) is -8.78. The summed E-state index contributed by atoms with van der Waals surface area (Å²) in [6, 6.07) is 6.55. The summed E-state index contributed by atoms with van der Waals surface area (Å²) >= 11 is 0. The van der Waals surface area contributed by atoms with Crippen LogP contribution in [0.2, 0.25) is 0 Å². The maximum atomic E-state index is 15.4. The molecule has 1 aromatic carbocycles. The molecule has 5 rings (SSSR count). The zero-order valence-corrected chi connectivity index (χ0v) is 35.4. The van der Waals surface area contributed by atoms with Gasteiger partial charge in [0, 0.05) is 25.2 Å². The number of nitrogens with one attached hydrogen (secondary N) is 1. The normalized spacial score (nSPS) is 33.3. The lowest BCUT2D eigenvalue weighted by molar-refractivity contribution is -0.344. The van der Waals surface area contributed by atoms with Crippen LogP contribution in [-0.4, -0.2) is 124 Å². The van der Waals surface area contributed by atoms with Crippen LogP contribution in [0.3, 0.4) is 0 Å². The van der Waals surface area contributed by atoms with Gasteiger partial charge in [0.25, 0.3) is 0 Å². The number of methoxy groups -OCH3 is 1. The van der Waals surface area contributed by atoms with Crippen molar-refractivity contribution in [1.29, 1.82) is 0 Å². The Labute approximate surface area is 343 Å². The van der Waals surface area contributed by atoms with E-state index < -0.39 is 124 Å². The number of ketones is 1. The van der Waals surface area contributed by atoms with Gasteiger partial charge in [-0.2, -0.15) is 0 Å². The third-order valence-corrected chi connectivity index (χ3v) is 12.5. The number of benzene rings is 1. The summed E-state index contributed by atoms with van der Waals surface area (Å²) in [5.74, 6) is -6.13. The third-order valence-electron chi connectivity index (χ3n) is 12.5. The van der Waals surface area contributed by atoms with Gasteiger partial charge in [-0.1, -0.05) is 45.9 Å². The van der Waals surface area contributed by atoms with Gasteiger partial charge < -0.3 is 53.8 Å². The molecule has 11 atom stereocenters. The largest absolute Gasteiger partial charge is 0.508 e. The van der Waals surface area contributed by atoms with E-state index in [1.54, 1.807) is 52.8 Å². The molecule has 1 aromatic rings. The molecule has 59 heavy (non-hydrogen) atoms. The predicted octanol–water partition coefficient (Wildman–Crippen LogP) is 3.33. The Morgan fingerprint density at radius 3 is 2.15 bits per heavy atom. The highest BCUT2D eigenvalue weighted by atomic mass is 16.8. The first-order chi connectivity index (χ1) is 27.3. The fourth-order valence-corrected chi connectivity index (χ4v) is 9.36. The van der Waals surface area contributed by atoms with Crippen molar-refractivity contribution in [3.8, 4) is 0 Å². The van der Waals surface area contributed by atoms with Crippen molar-refractivity contribution >= 4 is 35.9 Å².